The average Bonchev–Trinajstić information content (AvgIpc) is 2.47. The Balaban J connectivity index is 1.95. The number of carbonyl (C=O) groups excluding carboxylic acids is 1. The van der Waals surface area contributed by atoms with Crippen LogP contribution in [0.15, 0.2) is 24.3 Å². The van der Waals surface area contributed by atoms with Crippen LogP contribution in [0.2, 0.25) is 0 Å². The summed E-state index contributed by atoms with van der Waals surface area (Å²) in [4.78, 5) is 11.4. The zero-order chi connectivity index (χ0) is 14.4. The molecule has 0 aliphatic carbocycles. The van der Waals surface area contributed by atoms with Gasteiger partial charge in [0.05, 0.1) is 6.10 Å². The number of carbonyl (C=O) groups is 1. The van der Waals surface area contributed by atoms with Crippen molar-refractivity contribution in [2.24, 2.45) is 0 Å². The van der Waals surface area contributed by atoms with Crippen molar-refractivity contribution in [1.29, 1.82) is 0 Å². The summed E-state index contributed by atoms with van der Waals surface area (Å²) < 4.78 is 5.69. The van der Waals surface area contributed by atoms with E-state index in [1.165, 1.54) is 0 Å². The van der Waals surface area contributed by atoms with Gasteiger partial charge in [-0.05, 0) is 37.5 Å². The minimum absolute atomic E-state index is 0.0410. The Bertz CT molecular complexity index is 448. The Morgan fingerprint density at radius 3 is 2.90 bits per heavy atom. The molecule has 2 unspecified atom stereocenters. The Labute approximate surface area is 120 Å². The number of benzene rings is 1. The van der Waals surface area contributed by atoms with Crippen LogP contribution in [-0.4, -0.2) is 24.7 Å². The largest absolute Gasteiger partial charge is 0.382 e. The molecule has 1 fully saturated rings. The van der Waals surface area contributed by atoms with Crippen LogP contribution in [0.5, 0.6) is 0 Å². The highest BCUT2D eigenvalue weighted by molar-refractivity contribution is 5.90. The van der Waals surface area contributed by atoms with Crippen LogP contribution >= 0.6 is 0 Å². The highest BCUT2D eigenvalue weighted by Gasteiger charge is 2.21. The summed E-state index contributed by atoms with van der Waals surface area (Å²) in [5.41, 5.74) is 1.90. The van der Waals surface area contributed by atoms with Crippen molar-refractivity contribution in [3.05, 3.63) is 24.3 Å². The Kier molecular flexibility index (Phi) is 5.41. The SMILES string of the molecule is CCC(=O)Nc1cccc(NC2CCOC(CC)C2)c1. The smallest absolute Gasteiger partial charge is 0.224 e. The van der Waals surface area contributed by atoms with E-state index < -0.39 is 0 Å². The summed E-state index contributed by atoms with van der Waals surface area (Å²) in [5, 5.41) is 6.43. The van der Waals surface area contributed by atoms with Gasteiger partial charge in [-0.15, -0.1) is 0 Å². The second-order valence-corrected chi connectivity index (χ2v) is 5.25. The van der Waals surface area contributed by atoms with Crippen molar-refractivity contribution < 1.29 is 9.53 Å². The number of anilines is 2. The monoisotopic (exact) mass is 276 g/mol. The molecule has 2 rings (SSSR count). The van der Waals surface area contributed by atoms with Gasteiger partial charge in [0.1, 0.15) is 0 Å². The lowest BCUT2D eigenvalue weighted by Gasteiger charge is -2.30. The molecular formula is C16H24N2O2. The van der Waals surface area contributed by atoms with Crippen molar-refractivity contribution in [1.82, 2.24) is 0 Å². The minimum Gasteiger partial charge on any atom is -0.382 e. The summed E-state index contributed by atoms with van der Waals surface area (Å²) in [6.45, 7) is 4.83. The predicted molar refractivity (Wildman–Crippen MR) is 82.0 cm³/mol. The molecule has 1 saturated heterocycles. The molecule has 1 heterocycles. The van der Waals surface area contributed by atoms with Crippen molar-refractivity contribution in [2.75, 3.05) is 17.2 Å². The van der Waals surface area contributed by atoms with Crippen LogP contribution in [-0.2, 0) is 9.53 Å². The van der Waals surface area contributed by atoms with E-state index in [0.717, 1.165) is 37.2 Å². The Morgan fingerprint density at radius 2 is 2.15 bits per heavy atom. The molecule has 2 N–H and O–H groups in total. The summed E-state index contributed by atoms with van der Waals surface area (Å²) in [7, 11) is 0. The third-order valence-electron chi connectivity index (χ3n) is 3.66. The minimum atomic E-state index is 0.0410. The molecule has 4 heteroatoms. The van der Waals surface area contributed by atoms with E-state index in [2.05, 4.69) is 17.6 Å². The average molecular weight is 276 g/mol. The zero-order valence-corrected chi connectivity index (χ0v) is 12.3. The van der Waals surface area contributed by atoms with Gasteiger partial charge in [0.2, 0.25) is 5.91 Å². The summed E-state index contributed by atoms with van der Waals surface area (Å²) in [6, 6.07) is 8.36. The van der Waals surface area contributed by atoms with Gasteiger partial charge in [-0.2, -0.15) is 0 Å². The van der Waals surface area contributed by atoms with Crippen LogP contribution < -0.4 is 10.6 Å². The van der Waals surface area contributed by atoms with Crippen molar-refractivity contribution in [2.45, 2.75) is 51.7 Å². The lowest BCUT2D eigenvalue weighted by molar-refractivity contribution is -0.115. The molecule has 1 aliphatic heterocycles. The van der Waals surface area contributed by atoms with Gasteiger partial charge in [-0.25, -0.2) is 0 Å². The Morgan fingerprint density at radius 1 is 1.35 bits per heavy atom. The van der Waals surface area contributed by atoms with Crippen molar-refractivity contribution in [3.8, 4) is 0 Å². The van der Waals surface area contributed by atoms with Crippen LogP contribution in [0.3, 0.4) is 0 Å². The second-order valence-electron chi connectivity index (χ2n) is 5.25. The fourth-order valence-electron chi connectivity index (χ4n) is 2.47. The molecule has 0 radical (unpaired) electrons. The third kappa shape index (κ3) is 4.23. The van der Waals surface area contributed by atoms with E-state index in [1.807, 2.05) is 31.2 Å². The quantitative estimate of drug-likeness (QED) is 0.866. The van der Waals surface area contributed by atoms with E-state index in [0.29, 0.717) is 18.6 Å². The molecule has 1 aromatic carbocycles. The molecular weight excluding hydrogens is 252 g/mol. The summed E-state index contributed by atoms with van der Waals surface area (Å²) in [5.74, 6) is 0.0410. The normalized spacial score (nSPS) is 22.3. The molecule has 4 nitrogen and oxygen atoms in total. The lowest BCUT2D eigenvalue weighted by atomic mass is 10.0. The topological polar surface area (TPSA) is 50.4 Å². The predicted octanol–water partition coefficient (Wildman–Crippen LogP) is 3.40. The van der Waals surface area contributed by atoms with Crippen LogP contribution in [0, 0.1) is 0 Å². The molecule has 1 amide bonds. The fraction of sp³-hybridized carbons (Fsp3) is 0.562. The molecule has 0 aromatic heterocycles. The number of nitrogens with one attached hydrogen (secondary N) is 2. The van der Waals surface area contributed by atoms with E-state index in [9.17, 15) is 4.79 Å². The molecule has 2 atom stereocenters. The van der Waals surface area contributed by atoms with Gasteiger partial charge >= 0.3 is 0 Å². The third-order valence-corrected chi connectivity index (χ3v) is 3.66. The first-order chi connectivity index (χ1) is 9.71. The highest BCUT2D eigenvalue weighted by Crippen LogP contribution is 2.22. The van der Waals surface area contributed by atoms with Gasteiger partial charge in [0, 0.05) is 30.4 Å². The van der Waals surface area contributed by atoms with E-state index in [4.69, 9.17) is 4.74 Å². The van der Waals surface area contributed by atoms with E-state index in [-0.39, 0.29) is 5.91 Å². The summed E-state index contributed by atoms with van der Waals surface area (Å²) >= 11 is 0. The molecule has 110 valence electrons. The molecule has 1 aliphatic rings. The number of amides is 1. The molecule has 0 spiro atoms. The fourth-order valence-corrected chi connectivity index (χ4v) is 2.47. The maximum Gasteiger partial charge on any atom is 0.224 e. The van der Waals surface area contributed by atoms with Gasteiger partial charge in [-0.1, -0.05) is 19.9 Å². The van der Waals surface area contributed by atoms with Crippen molar-refractivity contribution >= 4 is 17.3 Å². The maximum atomic E-state index is 11.4. The van der Waals surface area contributed by atoms with Crippen LogP contribution in [0.4, 0.5) is 11.4 Å². The van der Waals surface area contributed by atoms with E-state index in [1.54, 1.807) is 0 Å². The van der Waals surface area contributed by atoms with Gasteiger partial charge < -0.3 is 15.4 Å². The van der Waals surface area contributed by atoms with Crippen LogP contribution in [0.1, 0.15) is 39.5 Å². The van der Waals surface area contributed by atoms with Gasteiger partial charge in [-0.3, -0.25) is 4.79 Å². The first-order valence-electron chi connectivity index (χ1n) is 7.49. The highest BCUT2D eigenvalue weighted by atomic mass is 16.5. The second kappa shape index (κ2) is 7.29. The van der Waals surface area contributed by atoms with Crippen LogP contribution in [0.25, 0.3) is 0 Å². The first kappa shape index (κ1) is 14.9. The van der Waals surface area contributed by atoms with E-state index >= 15 is 0 Å². The molecule has 20 heavy (non-hydrogen) atoms. The maximum absolute atomic E-state index is 11.4. The molecule has 0 bridgehead atoms. The first-order valence-corrected chi connectivity index (χ1v) is 7.49. The molecule has 1 aromatic rings. The summed E-state index contributed by atoms with van der Waals surface area (Å²) in [6.07, 6.45) is 3.99. The van der Waals surface area contributed by atoms with Gasteiger partial charge in [0.25, 0.3) is 0 Å². The lowest BCUT2D eigenvalue weighted by Crippen LogP contribution is -2.33. The van der Waals surface area contributed by atoms with Crippen molar-refractivity contribution in [3.63, 3.8) is 0 Å². The molecule has 0 saturated carbocycles. The number of hydrogen-bond acceptors (Lipinski definition) is 3. The number of rotatable bonds is 5. The number of hydrogen-bond donors (Lipinski definition) is 2. The van der Waals surface area contributed by atoms with Gasteiger partial charge in [0.15, 0.2) is 0 Å². The Hall–Kier alpha value is -1.55. The standard InChI is InChI=1S/C16H24N2O2/c1-3-15-11-14(8-9-20-15)17-12-6-5-7-13(10-12)18-16(19)4-2/h5-7,10,14-15,17H,3-4,8-9,11H2,1-2H3,(H,18,19). The zero-order valence-electron chi connectivity index (χ0n) is 12.3. The number of ether oxygens (including phenoxy) is 1.